The highest BCUT2D eigenvalue weighted by Crippen LogP contribution is 2.66. The summed E-state index contributed by atoms with van der Waals surface area (Å²) >= 11 is 4.88. The molecule has 0 spiro atoms. The molecule has 174 valence electrons. The number of aromatic nitrogens is 2. The quantitative estimate of drug-likeness (QED) is 0.147. The second-order valence-corrected chi connectivity index (χ2v) is 10.6. The van der Waals surface area contributed by atoms with Gasteiger partial charge in [0.25, 0.3) is 5.56 Å². The number of hydrogen-bond acceptors (Lipinski definition) is 10. The Labute approximate surface area is 176 Å². The van der Waals surface area contributed by atoms with Gasteiger partial charge in [-0.15, -0.1) is 6.42 Å². The summed E-state index contributed by atoms with van der Waals surface area (Å²) in [6, 6.07) is 0.961. The van der Waals surface area contributed by atoms with Crippen LogP contribution in [-0.4, -0.2) is 58.7 Å². The number of aliphatic hydroxyl groups is 1. The number of phosphoric ester groups is 1. The van der Waals surface area contributed by atoms with Crippen LogP contribution in [0.2, 0.25) is 0 Å². The maximum absolute atomic E-state index is 14.8. The molecule has 0 radical (unpaired) electrons. The van der Waals surface area contributed by atoms with Gasteiger partial charge in [-0.25, -0.2) is 18.1 Å². The van der Waals surface area contributed by atoms with Crippen molar-refractivity contribution in [1.82, 2.24) is 9.55 Å². The first kappa shape index (κ1) is 26.2. The van der Waals surface area contributed by atoms with Crippen LogP contribution in [-0.2, 0) is 31.6 Å². The molecule has 15 nitrogen and oxygen atoms in total. The molecule has 1 aliphatic rings. The van der Waals surface area contributed by atoms with Crippen LogP contribution in [0, 0.1) is 17.1 Å². The summed E-state index contributed by atoms with van der Waals surface area (Å²) in [5.74, 6) is 1.76. The third kappa shape index (κ3) is 6.47. The molecular formula is C11H14FN2O13P3S. The fraction of sp³-hybridized carbons (Fsp3) is 0.455. The van der Waals surface area contributed by atoms with Crippen LogP contribution in [0.25, 0.3) is 0 Å². The molecule has 2 rings (SSSR count). The number of terminal acetylenes is 1. The van der Waals surface area contributed by atoms with E-state index in [4.69, 9.17) is 38.1 Å². The smallest absolute Gasteiger partial charge is 0.371 e. The molecule has 1 aromatic heterocycles. The Kier molecular flexibility index (Phi) is 7.64. The van der Waals surface area contributed by atoms with Crippen molar-refractivity contribution in [2.24, 2.45) is 0 Å². The topological polar surface area (TPSA) is 227 Å². The maximum Gasteiger partial charge on any atom is 0.490 e. The molecule has 2 heterocycles. The summed E-state index contributed by atoms with van der Waals surface area (Å²) in [4.78, 5) is 48.9. The SMILES string of the molecule is C#C[C@@]1(O)C(F)[C@@H](COP(=O)(O)OP(=O)(O)OP(=O)(O)O)O[C@H]1n1ccc(=O)[nH]c1=S. The fourth-order valence-electron chi connectivity index (χ4n) is 2.39. The largest absolute Gasteiger partial charge is 0.490 e. The van der Waals surface area contributed by atoms with Gasteiger partial charge in [0.1, 0.15) is 6.10 Å². The lowest BCUT2D eigenvalue weighted by Gasteiger charge is -2.25. The number of H-pyrrole nitrogens is 1. The van der Waals surface area contributed by atoms with Crippen molar-refractivity contribution < 1.29 is 60.6 Å². The summed E-state index contributed by atoms with van der Waals surface area (Å²) in [6.07, 6.45) is 0.147. The van der Waals surface area contributed by atoms with Crippen LogP contribution in [0.15, 0.2) is 17.1 Å². The second-order valence-electron chi connectivity index (χ2n) is 5.80. The zero-order chi connectivity index (χ0) is 23.8. The number of phosphoric acid groups is 3. The third-order valence-corrected chi connectivity index (χ3v) is 7.70. The number of halogens is 1. The number of nitrogens with one attached hydrogen (secondary N) is 1. The Morgan fingerprint density at radius 3 is 2.42 bits per heavy atom. The van der Waals surface area contributed by atoms with Gasteiger partial charge in [-0.05, 0) is 12.2 Å². The van der Waals surface area contributed by atoms with Crippen LogP contribution in [0.4, 0.5) is 4.39 Å². The third-order valence-electron chi connectivity index (χ3n) is 3.58. The molecule has 6 N–H and O–H groups in total. The lowest BCUT2D eigenvalue weighted by Crippen LogP contribution is -2.43. The van der Waals surface area contributed by atoms with Crippen molar-refractivity contribution in [2.45, 2.75) is 24.1 Å². The minimum absolute atomic E-state index is 0.313. The second kappa shape index (κ2) is 9.05. The van der Waals surface area contributed by atoms with E-state index in [9.17, 15) is 32.9 Å². The van der Waals surface area contributed by atoms with Gasteiger partial charge in [0.15, 0.2) is 17.2 Å². The molecule has 1 saturated heterocycles. The predicted molar refractivity (Wildman–Crippen MR) is 98.3 cm³/mol. The van der Waals surface area contributed by atoms with E-state index in [1.54, 1.807) is 5.92 Å². The number of ether oxygens (including phenoxy) is 1. The van der Waals surface area contributed by atoms with Crippen molar-refractivity contribution in [3.8, 4) is 12.3 Å². The maximum atomic E-state index is 14.8. The van der Waals surface area contributed by atoms with Crippen LogP contribution in [0.5, 0.6) is 0 Å². The van der Waals surface area contributed by atoms with E-state index in [0.29, 0.717) is 0 Å². The van der Waals surface area contributed by atoms with Gasteiger partial charge in [0, 0.05) is 12.3 Å². The zero-order valence-corrected chi connectivity index (χ0v) is 18.2. The molecular weight excluding hydrogens is 512 g/mol. The lowest BCUT2D eigenvalue weighted by atomic mass is 9.96. The van der Waals surface area contributed by atoms with Crippen LogP contribution in [0.1, 0.15) is 6.23 Å². The lowest BCUT2D eigenvalue weighted by molar-refractivity contribution is -0.0735. The molecule has 20 heteroatoms. The zero-order valence-electron chi connectivity index (χ0n) is 14.7. The molecule has 1 fully saturated rings. The van der Waals surface area contributed by atoms with Crippen molar-refractivity contribution in [3.05, 3.63) is 27.4 Å². The van der Waals surface area contributed by atoms with Gasteiger partial charge in [-0.3, -0.25) is 18.9 Å². The van der Waals surface area contributed by atoms with Crippen molar-refractivity contribution in [3.63, 3.8) is 0 Å². The Balaban J connectivity index is 2.19. The summed E-state index contributed by atoms with van der Waals surface area (Å²) in [5.41, 5.74) is -3.31. The standard InChI is InChI=1S/C11H14FN2O13P3S/c1-2-11(16)8(12)6(25-9(11)14-4-3-7(15)13-10(14)31)5-24-29(20,21)27-30(22,23)26-28(17,18)19/h1,3-4,6,8-9,16H,5H2,(H,20,21)(H,22,23)(H,13,15,31)(H2,17,18,19)/t6-,8?,9-,11-/m1/s1. The Morgan fingerprint density at radius 2 is 1.90 bits per heavy atom. The average Bonchev–Trinajstić information content (AvgIpc) is 2.82. The predicted octanol–water partition coefficient (Wildman–Crippen LogP) is -0.151. The summed E-state index contributed by atoms with van der Waals surface area (Å²) in [7, 11) is -17.0. The van der Waals surface area contributed by atoms with Gasteiger partial charge >= 0.3 is 23.5 Å². The minimum atomic E-state index is -5.78. The number of alkyl halides is 1. The van der Waals surface area contributed by atoms with Gasteiger partial charge < -0.3 is 29.4 Å². The summed E-state index contributed by atoms with van der Waals surface area (Å²) in [6.45, 7) is -1.21. The first-order valence-corrected chi connectivity index (χ1v) is 12.5. The number of nitrogens with zero attached hydrogens (tertiary/aromatic N) is 1. The number of hydrogen-bond donors (Lipinski definition) is 6. The van der Waals surface area contributed by atoms with Crippen molar-refractivity contribution in [2.75, 3.05) is 6.61 Å². The van der Waals surface area contributed by atoms with Crippen LogP contribution in [0.3, 0.4) is 0 Å². The highest BCUT2D eigenvalue weighted by atomic mass is 32.1. The van der Waals surface area contributed by atoms with E-state index in [0.717, 1.165) is 16.8 Å². The first-order chi connectivity index (χ1) is 14.0. The van der Waals surface area contributed by atoms with E-state index in [1.165, 1.54) is 0 Å². The van der Waals surface area contributed by atoms with E-state index < -0.39 is 59.7 Å². The van der Waals surface area contributed by atoms with Gasteiger partial charge in [0.05, 0.1) is 6.61 Å². The van der Waals surface area contributed by atoms with Gasteiger partial charge in [-0.1, -0.05) is 5.92 Å². The van der Waals surface area contributed by atoms with Crippen molar-refractivity contribution in [1.29, 1.82) is 0 Å². The molecule has 1 aromatic rings. The monoisotopic (exact) mass is 526 g/mol. The first-order valence-electron chi connectivity index (χ1n) is 7.59. The van der Waals surface area contributed by atoms with E-state index >= 15 is 0 Å². The molecule has 6 atom stereocenters. The normalized spacial score (nSPS) is 30.3. The van der Waals surface area contributed by atoms with Crippen LogP contribution < -0.4 is 5.56 Å². The highest BCUT2D eigenvalue weighted by molar-refractivity contribution is 7.71. The van der Waals surface area contributed by atoms with Crippen molar-refractivity contribution >= 4 is 35.7 Å². The summed E-state index contributed by atoms with van der Waals surface area (Å²) in [5, 5.41) is 10.5. The van der Waals surface area contributed by atoms with Crippen LogP contribution >= 0.6 is 35.7 Å². The molecule has 31 heavy (non-hydrogen) atoms. The van der Waals surface area contributed by atoms with Gasteiger partial charge in [0.2, 0.25) is 5.60 Å². The Bertz CT molecular complexity index is 1140. The van der Waals surface area contributed by atoms with E-state index in [-0.39, 0.29) is 4.77 Å². The summed E-state index contributed by atoms with van der Waals surface area (Å²) < 4.78 is 65.5. The average molecular weight is 526 g/mol. The number of rotatable bonds is 8. The molecule has 1 aliphatic heterocycles. The van der Waals surface area contributed by atoms with E-state index in [1.807, 2.05) is 0 Å². The molecule has 0 amide bonds. The molecule has 0 saturated carbocycles. The molecule has 0 bridgehead atoms. The highest BCUT2D eigenvalue weighted by Gasteiger charge is 2.57. The van der Waals surface area contributed by atoms with E-state index in [2.05, 4.69) is 18.1 Å². The number of aromatic amines is 1. The van der Waals surface area contributed by atoms with Gasteiger partial charge in [-0.2, -0.15) is 8.62 Å². The molecule has 0 aliphatic carbocycles. The Morgan fingerprint density at radius 1 is 1.29 bits per heavy atom. The minimum Gasteiger partial charge on any atom is -0.371 e. The molecule has 3 unspecified atom stereocenters. The molecule has 0 aromatic carbocycles. The Hall–Kier alpha value is -1.08. The fourth-order valence-corrected chi connectivity index (χ4v) is 5.68.